The van der Waals surface area contributed by atoms with Gasteiger partial charge < -0.3 is 9.80 Å². The van der Waals surface area contributed by atoms with Crippen LogP contribution in [-0.4, -0.2) is 36.4 Å². The molecule has 136 valence electrons. The number of halogens is 1. The van der Waals surface area contributed by atoms with E-state index in [0.717, 1.165) is 25.7 Å². The van der Waals surface area contributed by atoms with Crippen molar-refractivity contribution in [3.8, 4) is 0 Å². The van der Waals surface area contributed by atoms with Crippen molar-refractivity contribution in [1.82, 2.24) is 9.88 Å². The van der Waals surface area contributed by atoms with Crippen molar-refractivity contribution in [3.63, 3.8) is 0 Å². The topological polar surface area (TPSA) is 37.6 Å². The number of hydrogen-bond acceptors (Lipinski definition) is 3. The molecule has 0 saturated carbocycles. The molecule has 0 aliphatic heterocycles. The van der Waals surface area contributed by atoms with Crippen LogP contribution in [0.2, 0.25) is 0 Å². The first-order chi connectivity index (χ1) is 12.4. The Morgan fingerprint density at radius 1 is 1.27 bits per heavy atom. The van der Waals surface area contributed by atoms with E-state index in [4.69, 9.17) is 0 Å². The minimum atomic E-state index is -0.247. The number of aromatic nitrogens is 1. The van der Waals surface area contributed by atoms with Crippen molar-refractivity contribution >= 4 is 27.5 Å². The molecule has 6 heteroatoms. The van der Waals surface area contributed by atoms with Crippen LogP contribution in [0.25, 0.3) is 10.2 Å². The highest BCUT2D eigenvalue weighted by atomic mass is 32.1. The molecule has 0 bridgehead atoms. The largest absolute Gasteiger partial charge is 0.332 e. The zero-order chi connectivity index (χ0) is 18.7. The maximum atomic E-state index is 13.3. The Bertz CT molecular complexity index is 878. The van der Waals surface area contributed by atoms with E-state index in [0.29, 0.717) is 13.1 Å². The normalized spacial score (nSPS) is 13.5. The van der Waals surface area contributed by atoms with E-state index in [1.54, 1.807) is 22.3 Å². The summed E-state index contributed by atoms with van der Waals surface area (Å²) >= 11 is 1.62. The number of para-hydroxylation sites is 1. The van der Waals surface area contributed by atoms with Gasteiger partial charge in [-0.25, -0.2) is 9.37 Å². The summed E-state index contributed by atoms with van der Waals surface area (Å²) in [4.78, 5) is 20.1. The van der Waals surface area contributed by atoms with Crippen molar-refractivity contribution < 1.29 is 14.1 Å². The lowest BCUT2D eigenvalue weighted by Crippen LogP contribution is -3.08. The van der Waals surface area contributed by atoms with Gasteiger partial charge in [-0.05, 0) is 31.2 Å². The fraction of sp³-hybridized carbons (Fsp3) is 0.300. The highest BCUT2D eigenvalue weighted by Crippen LogP contribution is 2.28. The van der Waals surface area contributed by atoms with Gasteiger partial charge >= 0.3 is 0 Å². The number of nitrogens with zero attached hydrogens (tertiary/aromatic N) is 2. The van der Waals surface area contributed by atoms with Crippen molar-refractivity contribution in [3.05, 3.63) is 64.9 Å². The number of rotatable bonds is 6. The van der Waals surface area contributed by atoms with Crippen LogP contribution in [0.3, 0.4) is 0 Å². The number of carbonyl (C=O) groups is 1. The predicted molar refractivity (Wildman–Crippen MR) is 103 cm³/mol. The Balaban J connectivity index is 1.62. The van der Waals surface area contributed by atoms with Crippen molar-refractivity contribution in [2.24, 2.45) is 0 Å². The summed E-state index contributed by atoms with van der Waals surface area (Å²) in [7, 11) is 3.76. The fourth-order valence-corrected chi connectivity index (χ4v) is 3.95. The monoisotopic (exact) mass is 372 g/mol. The van der Waals surface area contributed by atoms with Crippen LogP contribution in [0.15, 0.2) is 48.5 Å². The predicted octanol–water partition coefficient (Wildman–Crippen LogP) is 2.67. The summed E-state index contributed by atoms with van der Waals surface area (Å²) < 4.78 is 14.4. The average Bonchev–Trinajstić information content (AvgIpc) is 3.04. The molecule has 3 aromatic rings. The van der Waals surface area contributed by atoms with Gasteiger partial charge in [0.25, 0.3) is 5.91 Å². The first-order valence-corrected chi connectivity index (χ1v) is 9.42. The van der Waals surface area contributed by atoms with Gasteiger partial charge in [0.05, 0.1) is 23.3 Å². The van der Waals surface area contributed by atoms with Gasteiger partial charge in [0.1, 0.15) is 17.4 Å². The molecule has 0 fully saturated rings. The summed E-state index contributed by atoms with van der Waals surface area (Å²) in [5.74, 6) is -0.200. The molecule has 0 aliphatic rings. The molecule has 1 aromatic heterocycles. The number of likely N-dealkylation sites (N-methyl/N-ethyl adjacent to an activating group) is 2. The fourth-order valence-electron chi connectivity index (χ4n) is 2.89. The van der Waals surface area contributed by atoms with Gasteiger partial charge in [-0.15, -0.1) is 11.3 Å². The maximum absolute atomic E-state index is 13.3. The Hall–Kier alpha value is -2.31. The lowest BCUT2D eigenvalue weighted by Gasteiger charge is -2.24. The molecule has 1 unspecified atom stereocenters. The number of fused-ring (bicyclic) bond motifs is 1. The molecule has 1 amide bonds. The number of carbonyl (C=O) groups excluding carboxylic acids is 1. The highest BCUT2D eigenvalue weighted by Gasteiger charge is 2.23. The number of benzene rings is 2. The van der Waals surface area contributed by atoms with Crippen LogP contribution in [0.5, 0.6) is 0 Å². The minimum absolute atomic E-state index is 0.0469. The number of quaternary nitrogens is 1. The number of hydrogen-bond donors (Lipinski definition) is 1. The Kier molecular flexibility index (Phi) is 5.64. The smallest absolute Gasteiger partial charge is 0.278 e. The molecule has 2 atom stereocenters. The quantitative estimate of drug-likeness (QED) is 0.722. The van der Waals surface area contributed by atoms with Crippen molar-refractivity contribution in [2.75, 3.05) is 20.6 Å². The molecule has 0 spiro atoms. The van der Waals surface area contributed by atoms with Gasteiger partial charge in [-0.2, -0.15) is 0 Å². The van der Waals surface area contributed by atoms with E-state index < -0.39 is 0 Å². The van der Waals surface area contributed by atoms with Gasteiger partial charge in [-0.3, -0.25) is 4.79 Å². The zero-order valence-electron chi connectivity index (χ0n) is 15.2. The second kappa shape index (κ2) is 7.93. The van der Waals surface area contributed by atoms with Crippen LogP contribution in [0.4, 0.5) is 4.39 Å². The third kappa shape index (κ3) is 4.26. The molecular formula is C20H23FN3OS+. The first-order valence-electron chi connectivity index (χ1n) is 8.61. The maximum Gasteiger partial charge on any atom is 0.278 e. The zero-order valence-corrected chi connectivity index (χ0v) is 16.0. The number of nitrogens with one attached hydrogen (secondary N) is 1. The SMILES string of the molecule is C[C@H](c1nc2ccccc2s1)N(C)C(=O)C[NH+](C)Cc1cccc(F)c1. The van der Waals surface area contributed by atoms with Crippen LogP contribution >= 0.6 is 11.3 Å². The van der Waals surface area contributed by atoms with E-state index >= 15 is 0 Å². The molecular weight excluding hydrogens is 349 g/mol. The summed E-state index contributed by atoms with van der Waals surface area (Å²) in [6, 6.07) is 14.4. The molecule has 4 nitrogen and oxygen atoms in total. The van der Waals surface area contributed by atoms with E-state index in [1.165, 1.54) is 12.1 Å². The second-order valence-electron chi connectivity index (χ2n) is 6.64. The van der Waals surface area contributed by atoms with Crippen LogP contribution in [-0.2, 0) is 11.3 Å². The molecule has 0 saturated heterocycles. The number of amides is 1. The minimum Gasteiger partial charge on any atom is -0.332 e. The second-order valence-corrected chi connectivity index (χ2v) is 7.70. The third-order valence-electron chi connectivity index (χ3n) is 4.49. The van der Waals surface area contributed by atoms with E-state index in [1.807, 2.05) is 51.4 Å². The third-order valence-corrected chi connectivity index (χ3v) is 5.70. The summed E-state index contributed by atoms with van der Waals surface area (Å²) in [6.07, 6.45) is 0. The Morgan fingerprint density at radius 3 is 2.77 bits per heavy atom. The van der Waals surface area contributed by atoms with E-state index in [-0.39, 0.29) is 17.8 Å². The average molecular weight is 372 g/mol. The molecule has 1 N–H and O–H groups in total. The summed E-state index contributed by atoms with van der Waals surface area (Å²) in [5, 5.41) is 0.935. The van der Waals surface area contributed by atoms with Crippen molar-refractivity contribution in [1.29, 1.82) is 0 Å². The molecule has 0 aliphatic carbocycles. The van der Waals surface area contributed by atoms with Crippen molar-refractivity contribution in [2.45, 2.75) is 19.5 Å². The standard InChI is InChI=1S/C20H22FN3OS/c1-14(20-22-17-9-4-5-10-18(17)26-20)24(3)19(25)13-23(2)12-15-7-6-8-16(21)11-15/h4-11,14H,12-13H2,1-3H3/p+1/t14-/m1/s1. The number of thiazole rings is 1. The molecule has 1 heterocycles. The highest BCUT2D eigenvalue weighted by molar-refractivity contribution is 7.18. The van der Waals surface area contributed by atoms with Crippen LogP contribution in [0, 0.1) is 5.82 Å². The van der Waals surface area contributed by atoms with Gasteiger partial charge in [-0.1, -0.05) is 24.3 Å². The molecule has 0 radical (unpaired) electrons. The van der Waals surface area contributed by atoms with Gasteiger partial charge in [0.2, 0.25) is 0 Å². The Labute approximate surface area is 156 Å². The van der Waals surface area contributed by atoms with E-state index in [9.17, 15) is 9.18 Å². The molecule has 26 heavy (non-hydrogen) atoms. The van der Waals surface area contributed by atoms with Gasteiger partial charge in [0.15, 0.2) is 6.54 Å². The van der Waals surface area contributed by atoms with Gasteiger partial charge in [0, 0.05) is 12.6 Å². The summed E-state index contributed by atoms with van der Waals surface area (Å²) in [6.45, 7) is 2.95. The van der Waals surface area contributed by atoms with Crippen LogP contribution < -0.4 is 4.90 Å². The molecule has 2 aromatic carbocycles. The lowest BCUT2D eigenvalue weighted by atomic mass is 10.2. The van der Waals surface area contributed by atoms with Crippen LogP contribution in [0.1, 0.15) is 23.5 Å². The Morgan fingerprint density at radius 2 is 2.04 bits per heavy atom. The van der Waals surface area contributed by atoms with E-state index in [2.05, 4.69) is 4.98 Å². The summed E-state index contributed by atoms with van der Waals surface area (Å²) in [5.41, 5.74) is 1.85. The molecule has 3 rings (SSSR count). The first kappa shape index (κ1) is 18.5. The lowest BCUT2D eigenvalue weighted by molar-refractivity contribution is -0.885.